The molecule has 1 aromatic carbocycles. The van der Waals surface area contributed by atoms with Gasteiger partial charge in [0.15, 0.2) is 0 Å². The maximum atomic E-state index is 2.41. The lowest BCUT2D eigenvalue weighted by Crippen LogP contribution is -2.31. The largest absolute Gasteiger partial charge is 0.339 e. The molecule has 0 aromatic heterocycles. The second-order valence-electron chi connectivity index (χ2n) is 4.74. The van der Waals surface area contributed by atoms with Gasteiger partial charge >= 0.3 is 0 Å². The van der Waals surface area contributed by atoms with Crippen molar-refractivity contribution in [1.29, 1.82) is 0 Å². The molecule has 0 aliphatic carbocycles. The summed E-state index contributed by atoms with van der Waals surface area (Å²) in [5.41, 5.74) is 5.31. The lowest BCUT2D eigenvalue weighted by atomic mass is 10.0. The Hall–Kier alpha value is -1.50. The van der Waals surface area contributed by atoms with Gasteiger partial charge in [0.05, 0.1) is 0 Å². The molecule has 1 heterocycles. The lowest BCUT2D eigenvalue weighted by molar-refractivity contribution is 0.755. The Morgan fingerprint density at radius 1 is 1.06 bits per heavy atom. The van der Waals surface area contributed by atoms with Crippen molar-refractivity contribution in [2.24, 2.45) is 0 Å². The van der Waals surface area contributed by atoms with Crippen LogP contribution in [-0.4, -0.2) is 6.04 Å². The van der Waals surface area contributed by atoms with Gasteiger partial charge in [0.2, 0.25) is 0 Å². The zero-order valence-electron chi connectivity index (χ0n) is 10.5. The van der Waals surface area contributed by atoms with E-state index in [1.54, 1.807) is 0 Å². The van der Waals surface area contributed by atoms with Crippen molar-refractivity contribution in [1.82, 2.24) is 0 Å². The number of hydrogen-bond donors (Lipinski definition) is 0. The van der Waals surface area contributed by atoms with Gasteiger partial charge in [-0.15, -0.1) is 0 Å². The van der Waals surface area contributed by atoms with Crippen LogP contribution in [0, 0.1) is 0 Å². The van der Waals surface area contributed by atoms with Crippen molar-refractivity contribution in [2.75, 3.05) is 4.90 Å². The maximum absolute atomic E-state index is 2.41. The average molecular weight is 213 g/mol. The van der Waals surface area contributed by atoms with E-state index in [1.807, 2.05) is 0 Å². The van der Waals surface area contributed by atoms with Crippen LogP contribution < -0.4 is 4.90 Å². The van der Waals surface area contributed by atoms with E-state index in [4.69, 9.17) is 0 Å². The molecule has 0 radical (unpaired) electrons. The van der Waals surface area contributed by atoms with E-state index in [1.165, 1.54) is 22.5 Å². The summed E-state index contributed by atoms with van der Waals surface area (Å²) in [4.78, 5) is 2.41. The first kappa shape index (κ1) is 11.0. The Balaban J connectivity index is 2.59. The quantitative estimate of drug-likeness (QED) is 0.675. The van der Waals surface area contributed by atoms with Gasteiger partial charge in [-0.1, -0.05) is 29.8 Å². The van der Waals surface area contributed by atoms with E-state index in [2.05, 4.69) is 69.0 Å². The van der Waals surface area contributed by atoms with Gasteiger partial charge < -0.3 is 4.90 Å². The molecule has 0 spiro atoms. The summed E-state index contributed by atoms with van der Waals surface area (Å²) < 4.78 is 0. The maximum Gasteiger partial charge on any atom is 0.0486 e. The van der Waals surface area contributed by atoms with Crippen LogP contribution in [0.4, 0.5) is 5.69 Å². The SMILES string of the molecule is CC(C)=C1C=Cc2ccccc2N1C(C)C. The van der Waals surface area contributed by atoms with Crippen LogP contribution in [0.2, 0.25) is 0 Å². The van der Waals surface area contributed by atoms with Gasteiger partial charge in [-0.3, -0.25) is 0 Å². The summed E-state index contributed by atoms with van der Waals surface area (Å²) in [7, 11) is 0. The molecule has 16 heavy (non-hydrogen) atoms. The van der Waals surface area contributed by atoms with E-state index in [9.17, 15) is 0 Å². The summed E-state index contributed by atoms with van der Waals surface area (Å²) >= 11 is 0. The molecule has 1 aliphatic rings. The van der Waals surface area contributed by atoms with Crippen LogP contribution in [0.25, 0.3) is 6.08 Å². The zero-order valence-corrected chi connectivity index (χ0v) is 10.5. The van der Waals surface area contributed by atoms with E-state index in [0.717, 1.165) is 0 Å². The minimum atomic E-state index is 0.482. The van der Waals surface area contributed by atoms with E-state index in [-0.39, 0.29) is 0 Å². The van der Waals surface area contributed by atoms with Crippen LogP contribution in [0.15, 0.2) is 41.6 Å². The van der Waals surface area contributed by atoms with Gasteiger partial charge in [-0.2, -0.15) is 0 Å². The normalized spacial score (nSPS) is 14.3. The van der Waals surface area contributed by atoms with E-state index >= 15 is 0 Å². The van der Waals surface area contributed by atoms with Gasteiger partial charge in [0, 0.05) is 17.4 Å². The summed E-state index contributed by atoms with van der Waals surface area (Å²) in [6, 6.07) is 9.05. The Morgan fingerprint density at radius 3 is 2.38 bits per heavy atom. The molecule has 0 saturated heterocycles. The third kappa shape index (κ3) is 1.78. The molecular formula is C15H19N. The zero-order chi connectivity index (χ0) is 11.7. The van der Waals surface area contributed by atoms with Crippen molar-refractivity contribution < 1.29 is 0 Å². The Morgan fingerprint density at radius 2 is 1.75 bits per heavy atom. The fourth-order valence-corrected chi connectivity index (χ4v) is 2.19. The molecule has 0 N–H and O–H groups in total. The van der Waals surface area contributed by atoms with Crippen molar-refractivity contribution >= 4 is 11.8 Å². The third-order valence-electron chi connectivity index (χ3n) is 2.91. The van der Waals surface area contributed by atoms with Crippen molar-refractivity contribution in [3.8, 4) is 0 Å². The minimum Gasteiger partial charge on any atom is -0.339 e. The molecule has 2 rings (SSSR count). The van der Waals surface area contributed by atoms with Gasteiger partial charge in [-0.05, 0) is 45.4 Å². The third-order valence-corrected chi connectivity index (χ3v) is 2.91. The fraction of sp³-hybridized carbons (Fsp3) is 0.333. The van der Waals surface area contributed by atoms with Gasteiger partial charge in [0.1, 0.15) is 0 Å². The highest BCUT2D eigenvalue weighted by molar-refractivity contribution is 5.77. The van der Waals surface area contributed by atoms with E-state index in [0.29, 0.717) is 6.04 Å². The molecule has 0 saturated carbocycles. The number of benzene rings is 1. The number of hydrogen-bond acceptors (Lipinski definition) is 1. The topological polar surface area (TPSA) is 3.24 Å². The molecule has 0 bridgehead atoms. The standard InChI is InChI=1S/C15H19N/c1-11(2)14-10-9-13-7-5-6-8-15(13)16(14)12(3)4/h5-10,12H,1-4H3. The lowest BCUT2D eigenvalue weighted by Gasteiger charge is -2.35. The molecule has 0 fully saturated rings. The van der Waals surface area contributed by atoms with E-state index < -0.39 is 0 Å². The van der Waals surface area contributed by atoms with Crippen molar-refractivity contribution in [3.05, 3.63) is 47.2 Å². The first-order valence-corrected chi connectivity index (χ1v) is 5.85. The second kappa shape index (κ2) is 4.17. The number of nitrogens with zero attached hydrogens (tertiary/aromatic N) is 1. The minimum absolute atomic E-state index is 0.482. The molecule has 1 aromatic rings. The number of allylic oxidation sites excluding steroid dienone is 2. The Bertz CT molecular complexity index is 448. The van der Waals surface area contributed by atoms with Crippen LogP contribution in [-0.2, 0) is 0 Å². The molecule has 1 heteroatoms. The first-order valence-electron chi connectivity index (χ1n) is 5.85. The summed E-state index contributed by atoms with van der Waals surface area (Å²) in [5, 5.41) is 0. The predicted octanol–water partition coefficient (Wildman–Crippen LogP) is 4.22. The molecule has 1 aliphatic heterocycles. The Kier molecular flexibility index (Phi) is 2.86. The first-order chi connectivity index (χ1) is 7.61. The summed E-state index contributed by atoms with van der Waals surface area (Å²) in [6.07, 6.45) is 4.42. The second-order valence-corrected chi connectivity index (χ2v) is 4.74. The highest BCUT2D eigenvalue weighted by atomic mass is 15.2. The molecule has 0 atom stereocenters. The summed E-state index contributed by atoms with van der Waals surface area (Å²) in [5.74, 6) is 0. The van der Waals surface area contributed by atoms with Crippen LogP contribution in [0.5, 0.6) is 0 Å². The van der Waals surface area contributed by atoms with Crippen molar-refractivity contribution in [3.63, 3.8) is 0 Å². The summed E-state index contributed by atoms with van der Waals surface area (Å²) in [6.45, 7) is 8.81. The number of para-hydroxylation sites is 1. The number of anilines is 1. The fourth-order valence-electron chi connectivity index (χ4n) is 2.19. The predicted molar refractivity (Wildman–Crippen MR) is 71.5 cm³/mol. The highest BCUT2D eigenvalue weighted by Gasteiger charge is 2.20. The molecule has 0 unspecified atom stereocenters. The van der Waals surface area contributed by atoms with Gasteiger partial charge in [-0.25, -0.2) is 0 Å². The van der Waals surface area contributed by atoms with Crippen LogP contribution in [0.1, 0.15) is 33.3 Å². The van der Waals surface area contributed by atoms with Crippen LogP contribution >= 0.6 is 0 Å². The highest BCUT2D eigenvalue weighted by Crippen LogP contribution is 2.33. The number of fused-ring (bicyclic) bond motifs is 1. The molecule has 0 amide bonds. The average Bonchev–Trinajstić information content (AvgIpc) is 2.27. The number of rotatable bonds is 1. The molecule has 1 nitrogen and oxygen atoms in total. The molecular weight excluding hydrogens is 194 g/mol. The smallest absolute Gasteiger partial charge is 0.0486 e. The molecule has 84 valence electrons. The van der Waals surface area contributed by atoms with Crippen LogP contribution in [0.3, 0.4) is 0 Å². The van der Waals surface area contributed by atoms with Crippen molar-refractivity contribution in [2.45, 2.75) is 33.7 Å². The Labute approximate surface area is 98.1 Å². The van der Waals surface area contributed by atoms with Gasteiger partial charge in [0.25, 0.3) is 0 Å². The monoisotopic (exact) mass is 213 g/mol.